The van der Waals surface area contributed by atoms with Gasteiger partial charge in [0.25, 0.3) is 0 Å². The van der Waals surface area contributed by atoms with Crippen molar-refractivity contribution in [2.75, 3.05) is 18.1 Å². The number of benzene rings is 1. The smallest absolute Gasteiger partial charge is 0.127 e. The largest absolute Gasteiger partial charge is 0.312 e. The molecule has 1 rings (SSSR count). The van der Waals surface area contributed by atoms with Crippen LogP contribution < -0.4 is 5.32 Å². The van der Waals surface area contributed by atoms with E-state index in [1.54, 1.807) is 12.1 Å². The van der Waals surface area contributed by atoms with Gasteiger partial charge in [-0.1, -0.05) is 25.1 Å². The van der Waals surface area contributed by atoms with Crippen molar-refractivity contribution < 1.29 is 8.60 Å². The molecule has 1 aromatic rings. The summed E-state index contributed by atoms with van der Waals surface area (Å²) in [5, 5.41) is 3.07. The van der Waals surface area contributed by atoms with Crippen LogP contribution in [0.15, 0.2) is 24.3 Å². The van der Waals surface area contributed by atoms with Crippen LogP contribution in [0.2, 0.25) is 0 Å². The van der Waals surface area contributed by atoms with E-state index >= 15 is 0 Å². The highest BCUT2D eigenvalue weighted by Crippen LogP contribution is 2.04. The second kappa shape index (κ2) is 6.69. The summed E-state index contributed by atoms with van der Waals surface area (Å²) >= 11 is 0. The van der Waals surface area contributed by atoms with E-state index in [-0.39, 0.29) is 5.82 Å². The van der Waals surface area contributed by atoms with Crippen LogP contribution in [0.1, 0.15) is 12.5 Å². The quantitative estimate of drug-likeness (QED) is 0.752. The molecule has 0 aliphatic rings. The maximum absolute atomic E-state index is 13.1. The second-order valence-corrected chi connectivity index (χ2v) is 5.07. The molecule has 0 heterocycles. The number of rotatable bonds is 6. The molecular formula is C11H16FNOS. The van der Waals surface area contributed by atoms with Crippen molar-refractivity contribution in [2.45, 2.75) is 13.5 Å². The topological polar surface area (TPSA) is 29.1 Å². The molecule has 0 saturated heterocycles. The van der Waals surface area contributed by atoms with Gasteiger partial charge in [-0.3, -0.25) is 4.21 Å². The lowest BCUT2D eigenvalue weighted by atomic mass is 10.2. The molecule has 0 amide bonds. The van der Waals surface area contributed by atoms with Crippen LogP contribution in [0.25, 0.3) is 0 Å². The van der Waals surface area contributed by atoms with E-state index in [9.17, 15) is 8.60 Å². The summed E-state index contributed by atoms with van der Waals surface area (Å²) in [6.07, 6.45) is 0. The summed E-state index contributed by atoms with van der Waals surface area (Å²) in [4.78, 5) is 0. The van der Waals surface area contributed by atoms with Crippen molar-refractivity contribution in [1.82, 2.24) is 5.32 Å². The minimum atomic E-state index is -0.746. The lowest BCUT2D eigenvalue weighted by Crippen LogP contribution is -2.21. The SMILES string of the molecule is CCS(=O)CCNCc1ccccc1F. The Kier molecular flexibility index (Phi) is 5.50. The van der Waals surface area contributed by atoms with Crippen LogP contribution >= 0.6 is 0 Å². The van der Waals surface area contributed by atoms with Gasteiger partial charge in [-0.15, -0.1) is 0 Å². The fourth-order valence-corrected chi connectivity index (χ4v) is 1.86. The van der Waals surface area contributed by atoms with E-state index in [4.69, 9.17) is 0 Å². The highest BCUT2D eigenvalue weighted by Gasteiger charge is 2.00. The van der Waals surface area contributed by atoms with E-state index < -0.39 is 10.8 Å². The van der Waals surface area contributed by atoms with Crippen LogP contribution in [0, 0.1) is 5.82 Å². The molecule has 1 aromatic carbocycles. The third-order valence-corrected chi connectivity index (χ3v) is 3.41. The van der Waals surface area contributed by atoms with Crippen molar-refractivity contribution >= 4 is 10.8 Å². The molecule has 15 heavy (non-hydrogen) atoms. The summed E-state index contributed by atoms with van der Waals surface area (Å²) in [6, 6.07) is 6.68. The molecule has 2 nitrogen and oxygen atoms in total. The molecular weight excluding hydrogens is 213 g/mol. The maximum atomic E-state index is 13.1. The average molecular weight is 229 g/mol. The zero-order chi connectivity index (χ0) is 11.1. The number of hydrogen-bond acceptors (Lipinski definition) is 2. The van der Waals surface area contributed by atoms with Crippen molar-refractivity contribution in [2.24, 2.45) is 0 Å². The maximum Gasteiger partial charge on any atom is 0.127 e. The predicted molar refractivity (Wildman–Crippen MR) is 61.7 cm³/mol. The monoisotopic (exact) mass is 229 g/mol. The van der Waals surface area contributed by atoms with Gasteiger partial charge in [-0.2, -0.15) is 0 Å². The first kappa shape index (κ1) is 12.3. The van der Waals surface area contributed by atoms with Crippen LogP contribution in [0.3, 0.4) is 0 Å². The number of hydrogen-bond donors (Lipinski definition) is 1. The average Bonchev–Trinajstić information content (AvgIpc) is 2.26. The first-order valence-electron chi connectivity index (χ1n) is 5.03. The molecule has 0 aromatic heterocycles. The minimum absolute atomic E-state index is 0.193. The summed E-state index contributed by atoms with van der Waals surface area (Å²) < 4.78 is 24.2. The van der Waals surface area contributed by atoms with Gasteiger partial charge in [0.15, 0.2) is 0 Å². The lowest BCUT2D eigenvalue weighted by Gasteiger charge is -2.05. The molecule has 1 N–H and O–H groups in total. The van der Waals surface area contributed by atoms with Gasteiger partial charge in [-0.25, -0.2) is 4.39 Å². The zero-order valence-electron chi connectivity index (χ0n) is 8.83. The lowest BCUT2D eigenvalue weighted by molar-refractivity contribution is 0.593. The van der Waals surface area contributed by atoms with E-state index in [0.29, 0.717) is 30.2 Å². The highest BCUT2D eigenvalue weighted by atomic mass is 32.2. The van der Waals surface area contributed by atoms with Gasteiger partial charge in [0, 0.05) is 41.0 Å². The Morgan fingerprint density at radius 1 is 1.40 bits per heavy atom. The van der Waals surface area contributed by atoms with Crippen molar-refractivity contribution in [3.8, 4) is 0 Å². The first-order chi connectivity index (χ1) is 7.24. The van der Waals surface area contributed by atoms with E-state index in [1.165, 1.54) is 6.07 Å². The Bertz CT molecular complexity index is 330. The van der Waals surface area contributed by atoms with Crippen molar-refractivity contribution in [3.63, 3.8) is 0 Å². The van der Waals surface area contributed by atoms with E-state index in [1.807, 2.05) is 13.0 Å². The molecule has 0 radical (unpaired) electrons. The summed E-state index contributed by atoms with van der Waals surface area (Å²) in [5.74, 6) is 1.12. The minimum Gasteiger partial charge on any atom is -0.312 e. The van der Waals surface area contributed by atoms with Crippen molar-refractivity contribution in [1.29, 1.82) is 0 Å². The Hall–Kier alpha value is -0.740. The summed E-state index contributed by atoms with van der Waals surface area (Å²) in [6.45, 7) is 3.05. The summed E-state index contributed by atoms with van der Waals surface area (Å²) in [5.41, 5.74) is 0.653. The van der Waals surface area contributed by atoms with Gasteiger partial charge >= 0.3 is 0 Å². The van der Waals surface area contributed by atoms with Crippen LogP contribution in [-0.4, -0.2) is 22.3 Å². The van der Waals surface area contributed by atoms with Crippen molar-refractivity contribution in [3.05, 3.63) is 35.6 Å². The molecule has 1 unspecified atom stereocenters. The molecule has 4 heteroatoms. The van der Waals surface area contributed by atoms with Gasteiger partial charge in [-0.05, 0) is 6.07 Å². The molecule has 0 aliphatic carbocycles. The molecule has 0 fully saturated rings. The van der Waals surface area contributed by atoms with Gasteiger partial charge in [0.1, 0.15) is 5.82 Å². The molecule has 0 saturated carbocycles. The highest BCUT2D eigenvalue weighted by molar-refractivity contribution is 7.84. The van der Waals surface area contributed by atoms with Gasteiger partial charge in [0.05, 0.1) is 0 Å². The third kappa shape index (κ3) is 4.53. The fourth-order valence-electron chi connectivity index (χ4n) is 1.20. The van der Waals surface area contributed by atoms with Crippen LogP contribution in [0.5, 0.6) is 0 Å². The molecule has 0 bridgehead atoms. The Morgan fingerprint density at radius 2 is 2.13 bits per heavy atom. The Labute approximate surface area is 92.3 Å². The molecule has 1 atom stereocenters. The first-order valence-corrected chi connectivity index (χ1v) is 6.52. The van der Waals surface area contributed by atoms with E-state index in [2.05, 4.69) is 5.32 Å². The van der Waals surface area contributed by atoms with Crippen LogP contribution in [0.4, 0.5) is 4.39 Å². The van der Waals surface area contributed by atoms with E-state index in [0.717, 1.165) is 0 Å². The standard InChI is InChI=1S/C11H16FNOS/c1-2-15(14)8-7-13-9-10-5-3-4-6-11(10)12/h3-6,13H,2,7-9H2,1H3. The molecule has 0 spiro atoms. The van der Waals surface area contributed by atoms with Crippen LogP contribution in [-0.2, 0) is 17.3 Å². The Morgan fingerprint density at radius 3 is 2.80 bits per heavy atom. The second-order valence-electron chi connectivity index (χ2n) is 3.20. The third-order valence-electron chi connectivity index (χ3n) is 2.10. The molecule has 84 valence electrons. The van der Waals surface area contributed by atoms with Gasteiger partial charge < -0.3 is 5.32 Å². The number of halogens is 1. The Balaban J connectivity index is 2.26. The number of nitrogens with one attached hydrogen (secondary N) is 1. The normalized spacial score (nSPS) is 12.7. The van der Waals surface area contributed by atoms with Gasteiger partial charge in [0.2, 0.25) is 0 Å². The summed E-state index contributed by atoms with van der Waals surface area (Å²) in [7, 11) is -0.746. The molecule has 0 aliphatic heterocycles. The predicted octanol–water partition coefficient (Wildman–Crippen LogP) is 1.68. The fraction of sp³-hybridized carbons (Fsp3) is 0.455. The zero-order valence-corrected chi connectivity index (χ0v) is 9.65.